The molecule has 2 heteroatoms. The highest BCUT2D eigenvalue weighted by atomic mass is 16.5. The molecule has 0 unspecified atom stereocenters. The summed E-state index contributed by atoms with van der Waals surface area (Å²) in [6.45, 7) is 9.06. The van der Waals surface area contributed by atoms with Crippen molar-refractivity contribution in [3.63, 3.8) is 0 Å². The van der Waals surface area contributed by atoms with Crippen molar-refractivity contribution in [2.45, 2.75) is 47.0 Å². The van der Waals surface area contributed by atoms with E-state index >= 15 is 0 Å². The molecule has 0 N–H and O–H groups in total. The molecule has 0 amide bonds. The van der Waals surface area contributed by atoms with Gasteiger partial charge in [0.1, 0.15) is 0 Å². The molecule has 1 rings (SSSR count). The highest BCUT2D eigenvalue weighted by molar-refractivity contribution is 5.73. The molecule has 0 aromatic carbocycles. The summed E-state index contributed by atoms with van der Waals surface area (Å²) in [7, 11) is 0. The summed E-state index contributed by atoms with van der Waals surface area (Å²) in [6.07, 6.45) is 3.46. The van der Waals surface area contributed by atoms with Gasteiger partial charge in [-0.15, -0.1) is 0 Å². The van der Waals surface area contributed by atoms with Crippen molar-refractivity contribution in [2.24, 2.45) is 23.7 Å². The van der Waals surface area contributed by atoms with E-state index in [9.17, 15) is 4.79 Å². The van der Waals surface area contributed by atoms with Crippen molar-refractivity contribution in [1.82, 2.24) is 0 Å². The summed E-state index contributed by atoms with van der Waals surface area (Å²) in [5.74, 6) is 1.97. The number of rotatable bonds is 3. The highest BCUT2D eigenvalue weighted by Crippen LogP contribution is 2.38. The van der Waals surface area contributed by atoms with Crippen molar-refractivity contribution in [3.05, 3.63) is 0 Å². The standard InChI is InChI=1S/C13H24O2/c1-5-15-13(14)12-8-10(4)6-7-11(12)9(2)3/h9-12H,5-8H2,1-4H3/t10-,11+,12-/m0/s1. The van der Waals surface area contributed by atoms with Gasteiger partial charge < -0.3 is 4.74 Å². The van der Waals surface area contributed by atoms with Crippen LogP contribution in [0, 0.1) is 23.7 Å². The molecular formula is C13H24O2. The van der Waals surface area contributed by atoms with Crippen LogP contribution in [0.1, 0.15) is 47.0 Å². The number of carbonyl (C=O) groups is 1. The summed E-state index contributed by atoms with van der Waals surface area (Å²) in [5, 5.41) is 0. The Morgan fingerprint density at radius 1 is 1.40 bits per heavy atom. The van der Waals surface area contributed by atoms with Gasteiger partial charge >= 0.3 is 5.97 Å². The van der Waals surface area contributed by atoms with E-state index in [4.69, 9.17) is 4.74 Å². The predicted octanol–water partition coefficient (Wildman–Crippen LogP) is 3.26. The average molecular weight is 212 g/mol. The van der Waals surface area contributed by atoms with Crippen LogP contribution in [0.15, 0.2) is 0 Å². The predicted molar refractivity (Wildman–Crippen MR) is 61.5 cm³/mol. The van der Waals surface area contributed by atoms with Crippen molar-refractivity contribution in [2.75, 3.05) is 6.61 Å². The largest absolute Gasteiger partial charge is 0.466 e. The lowest BCUT2D eigenvalue weighted by Gasteiger charge is -2.35. The molecule has 3 atom stereocenters. The third-order valence-electron chi connectivity index (χ3n) is 3.61. The first-order chi connectivity index (χ1) is 7.06. The van der Waals surface area contributed by atoms with Gasteiger partial charge in [0.2, 0.25) is 0 Å². The normalized spacial score (nSPS) is 31.7. The van der Waals surface area contributed by atoms with E-state index in [-0.39, 0.29) is 11.9 Å². The molecule has 1 aliphatic carbocycles. The number of hydrogen-bond acceptors (Lipinski definition) is 2. The van der Waals surface area contributed by atoms with E-state index in [1.54, 1.807) is 0 Å². The Morgan fingerprint density at radius 3 is 2.60 bits per heavy atom. The van der Waals surface area contributed by atoms with E-state index in [1.165, 1.54) is 12.8 Å². The summed E-state index contributed by atoms with van der Waals surface area (Å²) in [6, 6.07) is 0. The van der Waals surface area contributed by atoms with Gasteiger partial charge in [-0.2, -0.15) is 0 Å². The quantitative estimate of drug-likeness (QED) is 0.671. The molecule has 0 bridgehead atoms. The minimum absolute atomic E-state index is 0.0303. The van der Waals surface area contributed by atoms with Gasteiger partial charge in [-0.1, -0.05) is 27.2 Å². The van der Waals surface area contributed by atoms with E-state index in [0.29, 0.717) is 24.4 Å². The summed E-state index contributed by atoms with van der Waals surface area (Å²) in [4.78, 5) is 11.8. The van der Waals surface area contributed by atoms with Crippen LogP contribution in [0.3, 0.4) is 0 Å². The summed E-state index contributed by atoms with van der Waals surface area (Å²) >= 11 is 0. The Kier molecular flexibility index (Phi) is 4.62. The second-order valence-electron chi connectivity index (χ2n) is 5.18. The fraction of sp³-hybridized carbons (Fsp3) is 0.923. The van der Waals surface area contributed by atoms with Crippen molar-refractivity contribution < 1.29 is 9.53 Å². The fourth-order valence-corrected chi connectivity index (χ4v) is 2.72. The van der Waals surface area contributed by atoms with Gasteiger partial charge in [0, 0.05) is 0 Å². The third-order valence-corrected chi connectivity index (χ3v) is 3.61. The van der Waals surface area contributed by atoms with Gasteiger partial charge in [0.05, 0.1) is 12.5 Å². The van der Waals surface area contributed by atoms with Crippen LogP contribution in [0.2, 0.25) is 0 Å². The molecule has 1 aliphatic rings. The third kappa shape index (κ3) is 3.22. The number of carbonyl (C=O) groups excluding carboxylic acids is 1. The molecule has 1 saturated carbocycles. The number of ether oxygens (including phenoxy) is 1. The van der Waals surface area contributed by atoms with Crippen molar-refractivity contribution in [3.8, 4) is 0 Å². The van der Waals surface area contributed by atoms with Gasteiger partial charge in [0.25, 0.3) is 0 Å². The first kappa shape index (κ1) is 12.5. The summed E-state index contributed by atoms with van der Waals surface area (Å²) < 4.78 is 5.17. The number of hydrogen-bond donors (Lipinski definition) is 0. The Labute approximate surface area is 93.4 Å². The number of esters is 1. The highest BCUT2D eigenvalue weighted by Gasteiger charge is 2.36. The Hall–Kier alpha value is -0.530. The molecule has 0 radical (unpaired) electrons. The molecule has 0 saturated heterocycles. The minimum atomic E-state index is 0.0303. The molecule has 1 fully saturated rings. The molecule has 88 valence electrons. The molecule has 0 aliphatic heterocycles. The molecule has 0 aromatic heterocycles. The zero-order chi connectivity index (χ0) is 11.4. The maximum Gasteiger partial charge on any atom is 0.309 e. The Bertz CT molecular complexity index is 211. The molecule has 2 nitrogen and oxygen atoms in total. The smallest absolute Gasteiger partial charge is 0.309 e. The first-order valence-electron chi connectivity index (χ1n) is 6.22. The molecule has 15 heavy (non-hydrogen) atoms. The van der Waals surface area contributed by atoms with Gasteiger partial charge in [0.15, 0.2) is 0 Å². The maximum atomic E-state index is 11.8. The Morgan fingerprint density at radius 2 is 2.07 bits per heavy atom. The van der Waals surface area contributed by atoms with E-state index in [2.05, 4.69) is 20.8 Å². The van der Waals surface area contributed by atoms with Crippen LogP contribution in [-0.2, 0) is 9.53 Å². The lowest BCUT2D eigenvalue weighted by atomic mass is 9.70. The zero-order valence-corrected chi connectivity index (χ0v) is 10.5. The zero-order valence-electron chi connectivity index (χ0n) is 10.5. The first-order valence-corrected chi connectivity index (χ1v) is 6.22. The van der Waals surface area contributed by atoms with Gasteiger partial charge in [-0.05, 0) is 37.5 Å². The van der Waals surface area contributed by atoms with Crippen LogP contribution in [-0.4, -0.2) is 12.6 Å². The molecular weight excluding hydrogens is 188 g/mol. The summed E-state index contributed by atoms with van der Waals surface area (Å²) in [5.41, 5.74) is 0. The van der Waals surface area contributed by atoms with Crippen LogP contribution in [0.25, 0.3) is 0 Å². The lowest BCUT2D eigenvalue weighted by Crippen LogP contribution is -2.34. The average Bonchev–Trinajstić information content (AvgIpc) is 2.17. The lowest BCUT2D eigenvalue weighted by molar-refractivity contribution is -0.152. The Balaban J connectivity index is 2.65. The van der Waals surface area contributed by atoms with Crippen LogP contribution in [0.5, 0.6) is 0 Å². The van der Waals surface area contributed by atoms with Crippen LogP contribution < -0.4 is 0 Å². The second-order valence-corrected chi connectivity index (χ2v) is 5.18. The van der Waals surface area contributed by atoms with Gasteiger partial charge in [-0.3, -0.25) is 4.79 Å². The monoisotopic (exact) mass is 212 g/mol. The van der Waals surface area contributed by atoms with Gasteiger partial charge in [-0.25, -0.2) is 0 Å². The SMILES string of the molecule is CCOC(=O)[C@H]1C[C@@H](C)CC[C@@H]1C(C)C. The second kappa shape index (κ2) is 5.53. The van der Waals surface area contributed by atoms with Crippen LogP contribution >= 0.6 is 0 Å². The fourth-order valence-electron chi connectivity index (χ4n) is 2.72. The molecule has 0 heterocycles. The van der Waals surface area contributed by atoms with Crippen LogP contribution in [0.4, 0.5) is 0 Å². The molecule has 0 aromatic rings. The van der Waals surface area contributed by atoms with Crippen molar-refractivity contribution >= 4 is 5.97 Å². The van der Waals surface area contributed by atoms with E-state index < -0.39 is 0 Å². The van der Waals surface area contributed by atoms with E-state index in [0.717, 1.165) is 6.42 Å². The van der Waals surface area contributed by atoms with Crippen molar-refractivity contribution in [1.29, 1.82) is 0 Å². The van der Waals surface area contributed by atoms with E-state index in [1.807, 2.05) is 6.92 Å². The maximum absolute atomic E-state index is 11.8. The topological polar surface area (TPSA) is 26.3 Å². The minimum Gasteiger partial charge on any atom is -0.466 e. The molecule has 0 spiro atoms.